The molecule has 0 radical (unpaired) electrons. The Morgan fingerprint density at radius 1 is 1.27 bits per heavy atom. The normalized spacial score (nSPS) is 26.9. The molecule has 11 nitrogen and oxygen atoms in total. The number of nitrogens with zero attached hydrogens (tertiary/aromatic N) is 1. The maximum atomic E-state index is 15.6. The molecule has 220 valence electrons. The highest BCUT2D eigenvalue weighted by atomic mass is 32.2. The first-order valence-corrected chi connectivity index (χ1v) is 15.5. The Morgan fingerprint density at radius 3 is 2.55 bits per heavy atom. The number of aliphatic hydroxyl groups excluding tert-OH is 1. The van der Waals surface area contributed by atoms with Crippen molar-refractivity contribution >= 4 is 24.6 Å². The van der Waals surface area contributed by atoms with Crippen molar-refractivity contribution in [2.24, 2.45) is 5.92 Å². The highest BCUT2D eigenvalue weighted by Crippen LogP contribution is 2.48. The summed E-state index contributed by atoms with van der Waals surface area (Å²) in [7, 11) is -4.27. The van der Waals surface area contributed by atoms with Gasteiger partial charge in [0.1, 0.15) is 18.0 Å². The van der Waals surface area contributed by atoms with Gasteiger partial charge in [-0.05, 0) is 56.7 Å². The van der Waals surface area contributed by atoms with Crippen LogP contribution in [-0.2, 0) is 25.0 Å². The second kappa shape index (κ2) is 12.3. The van der Waals surface area contributed by atoms with Gasteiger partial charge in [0.25, 0.3) is 5.56 Å². The first-order chi connectivity index (χ1) is 18.8. The number of aromatic amines is 1. The second-order valence-corrected chi connectivity index (χ2v) is 13.9. The molecule has 2 fully saturated rings. The van der Waals surface area contributed by atoms with Crippen LogP contribution in [-0.4, -0.2) is 55.5 Å². The molecule has 0 amide bonds. The number of thioether (sulfide) groups is 1. The quantitative estimate of drug-likeness (QED) is 0.310. The van der Waals surface area contributed by atoms with Gasteiger partial charge >= 0.3 is 13.4 Å². The van der Waals surface area contributed by atoms with E-state index in [-0.39, 0.29) is 16.1 Å². The van der Waals surface area contributed by atoms with Crippen molar-refractivity contribution in [1.82, 2.24) is 14.6 Å². The van der Waals surface area contributed by atoms with E-state index >= 15 is 4.39 Å². The fraction of sp³-hybridized carbons (Fsp3) is 0.577. The van der Waals surface area contributed by atoms with E-state index in [0.29, 0.717) is 5.92 Å². The van der Waals surface area contributed by atoms with Gasteiger partial charge in [-0.1, -0.05) is 37.7 Å². The van der Waals surface area contributed by atoms with Crippen molar-refractivity contribution in [3.8, 4) is 5.75 Å². The van der Waals surface area contributed by atoms with Gasteiger partial charge in [-0.15, -0.1) is 0 Å². The monoisotopic (exact) mass is 599 g/mol. The SMILES string of the molecule is CC(C)SC(=O)[C@H](C)NP(=O)(OC[C@H]1O[C@@H](n2ccc(=O)[nH]c2=O)[C@](C)(F)[C@@H]1O)Oc1ccc(CC2CC2)cc1. The summed E-state index contributed by atoms with van der Waals surface area (Å²) in [6, 6.07) is 7.14. The summed E-state index contributed by atoms with van der Waals surface area (Å²) in [5.74, 6) is 0.912. The number of benzene rings is 1. The predicted octanol–water partition coefficient (Wildman–Crippen LogP) is 3.33. The van der Waals surface area contributed by atoms with Crippen LogP contribution in [0.15, 0.2) is 46.1 Å². The number of carbonyl (C=O) groups is 1. The van der Waals surface area contributed by atoms with Gasteiger partial charge in [-0.2, -0.15) is 0 Å². The molecule has 1 aromatic carbocycles. The van der Waals surface area contributed by atoms with E-state index in [1.165, 1.54) is 19.8 Å². The predicted molar refractivity (Wildman–Crippen MR) is 148 cm³/mol. The number of hydrogen-bond donors (Lipinski definition) is 3. The molecular weight excluding hydrogens is 564 g/mol. The van der Waals surface area contributed by atoms with E-state index < -0.39 is 55.7 Å². The standard InChI is InChI=1S/C26H35FN3O8PS/c1-15(2)40-23(33)16(3)29-39(35,38-19-9-7-18(8-10-19)13-17-5-6-17)36-14-20-22(32)26(4,27)24(37-20)30-12-11-21(31)28-25(30)34/h7-12,15-17,20,22,24,32H,5-6,13-14H2,1-4H3,(H,29,35)(H,28,31,34)/t16-,20+,22+,24+,26+,39?/m0/s1. The molecule has 0 bridgehead atoms. The zero-order valence-electron chi connectivity index (χ0n) is 22.7. The second-order valence-electron chi connectivity index (χ2n) is 10.7. The van der Waals surface area contributed by atoms with Crippen molar-refractivity contribution in [3.05, 3.63) is 62.9 Å². The lowest BCUT2D eigenvalue weighted by Gasteiger charge is -2.25. The molecule has 40 heavy (non-hydrogen) atoms. The number of ether oxygens (including phenoxy) is 1. The number of H-pyrrole nitrogens is 1. The molecule has 2 aliphatic rings. The van der Waals surface area contributed by atoms with Crippen molar-refractivity contribution in [2.75, 3.05) is 6.61 Å². The molecule has 6 atom stereocenters. The van der Waals surface area contributed by atoms with Crippen LogP contribution < -0.4 is 20.9 Å². The Hall–Kier alpha value is -2.28. The summed E-state index contributed by atoms with van der Waals surface area (Å²) < 4.78 is 47.2. The molecule has 1 saturated carbocycles. The Kier molecular flexibility index (Phi) is 9.43. The van der Waals surface area contributed by atoms with Crippen LogP contribution in [0, 0.1) is 5.92 Å². The van der Waals surface area contributed by atoms with Gasteiger partial charge < -0.3 is 14.4 Å². The molecule has 1 saturated heterocycles. The summed E-state index contributed by atoms with van der Waals surface area (Å²) in [6.45, 7) is 5.66. The molecule has 4 rings (SSSR count). The number of aromatic nitrogens is 2. The smallest absolute Gasteiger partial charge is 0.413 e. The first kappa shape index (κ1) is 30.7. The first-order valence-electron chi connectivity index (χ1n) is 13.1. The third-order valence-corrected chi connectivity index (χ3v) is 9.36. The van der Waals surface area contributed by atoms with Crippen LogP contribution in [0.2, 0.25) is 0 Å². The van der Waals surface area contributed by atoms with Crippen LogP contribution in [0.25, 0.3) is 0 Å². The van der Waals surface area contributed by atoms with E-state index in [0.717, 1.165) is 47.5 Å². The number of nitrogens with one attached hydrogen (secondary N) is 2. The molecule has 1 aliphatic heterocycles. The van der Waals surface area contributed by atoms with Crippen LogP contribution in [0.1, 0.15) is 52.3 Å². The summed E-state index contributed by atoms with van der Waals surface area (Å²) in [5, 5.41) is 13.0. The van der Waals surface area contributed by atoms with Gasteiger partial charge in [0.05, 0.1) is 12.6 Å². The van der Waals surface area contributed by atoms with E-state index in [4.69, 9.17) is 13.8 Å². The van der Waals surface area contributed by atoms with Gasteiger partial charge in [0.15, 0.2) is 11.9 Å². The molecule has 3 N–H and O–H groups in total. The summed E-state index contributed by atoms with van der Waals surface area (Å²) in [5.41, 5.74) is -2.96. The number of rotatable bonds is 12. The van der Waals surface area contributed by atoms with Crippen LogP contribution in [0.5, 0.6) is 5.75 Å². The summed E-state index contributed by atoms with van der Waals surface area (Å²) in [4.78, 5) is 38.3. The zero-order valence-corrected chi connectivity index (χ0v) is 24.5. The van der Waals surface area contributed by atoms with Gasteiger partial charge in [0, 0.05) is 17.5 Å². The molecule has 1 unspecified atom stereocenters. The number of carbonyl (C=O) groups excluding carboxylic acids is 1. The zero-order chi connectivity index (χ0) is 29.2. The highest BCUT2D eigenvalue weighted by Gasteiger charge is 2.56. The van der Waals surface area contributed by atoms with Gasteiger partial charge in [-0.25, -0.2) is 18.8 Å². The number of aliphatic hydroxyl groups is 1. The average Bonchev–Trinajstić information content (AvgIpc) is 3.65. The molecule has 2 aromatic rings. The van der Waals surface area contributed by atoms with Crippen LogP contribution in [0.3, 0.4) is 0 Å². The van der Waals surface area contributed by atoms with Gasteiger partial charge in [0.2, 0.25) is 5.12 Å². The van der Waals surface area contributed by atoms with E-state index in [2.05, 4.69) is 5.09 Å². The molecule has 1 aromatic heterocycles. The minimum absolute atomic E-state index is 0.00508. The Bertz CT molecular complexity index is 1360. The maximum absolute atomic E-state index is 15.6. The number of halogens is 1. The lowest BCUT2D eigenvalue weighted by Crippen LogP contribution is -2.43. The largest absolute Gasteiger partial charge is 0.459 e. The van der Waals surface area contributed by atoms with Crippen LogP contribution >= 0.6 is 19.5 Å². The lowest BCUT2D eigenvalue weighted by molar-refractivity contribution is -0.112. The minimum atomic E-state index is -4.27. The highest BCUT2D eigenvalue weighted by molar-refractivity contribution is 8.14. The third-order valence-electron chi connectivity index (χ3n) is 6.66. The Morgan fingerprint density at radius 2 is 1.95 bits per heavy atom. The third kappa shape index (κ3) is 7.51. The van der Waals surface area contributed by atoms with Gasteiger partial charge in [-0.3, -0.25) is 23.7 Å². The molecule has 1 aliphatic carbocycles. The number of hydrogen-bond acceptors (Lipinski definition) is 9. The van der Waals surface area contributed by atoms with Crippen molar-refractivity contribution in [3.63, 3.8) is 0 Å². The summed E-state index contributed by atoms with van der Waals surface area (Å²) >= 11 is 1.06. The Labute approximate surface area is 235 Å². The molecule has 14 heteroatoms. The summed E-state index contributed by atoms with van der Waals surface area (Å²) in [6.07, 6.45) is -0.343. The van der Waals surface area contributed by atoms with Crippen molar-refractivity contribution < 1.29 is 32.6 Å². The minimum Gasteiger partial charge on any atom is -0.413 e. The van der Waals surface area contributed by atoms with E-state index in [1.807, 2.05) is 31.0 Å². The molecule has 2 heterocycles. The fourth-order valence-electron chi connectivity index (χ4n) is 4.33. The van der Waals surface area contributed by atoms with Crippen molar-refractivity contribution in [1.29, 1.82) is 0 Å². The lowest BCUT2D eigenvalue weighted by atomic mass is 9.98. The van der Waals surface area contributed by atoms with E-state index in [9.17, 15) is 24.1 Å². The fourth-order valence-corrected chi connectivity index (χ4v) is 6.66. The van der Waals surface area contributed by atoms with E-state index in [1.54, 1.807) is 12.1 Å². The van der Waals surface area contributed by atoms with Crippen LogP contribution in [0.4, 0.5) is 4.39 Å². The number of alkyl halides is 1. The topological polar surface area (TPSA) is 149 Å². The molecular formula is C26H35FN3O8PS. The average molecular weight is 600 g/mol. The maximum Gasteiger partial charge on any atom is 0.459 e. The molecule has 0 spiro atoms. The Balaban J connectivity index is 1.51. The van der Waals surface area contributed by atoms with Crippen molar-refractivity contribution in [2.45, 2.75) is 82.4 Å².